The SMILES string of the molecule is COCCCCC(=O)NCc1nc(C(=O)O)cs1. The van der Waals surface area contributed by atoms with Crippen molar-refractivity contribution in [1.82, 2.24) is 10.3 Å². The van der Waals surface area contributed by atoms with Crippen molar-refractivity contribution in [2.45, 2.75) is 25.8 Å². The molecule has 0 fully saturated rings. The monoisotopic (exact) mass is 272 g/mol. The lowest BCUT2D eigenvalue weighted by Gasteiger charge is -2.02. The number of aromatic carboxylic acids is 1. The number of hydrogen-bond donors (Lipinski definition) is 2. The van der Waals surface area contributed by atoms with E-state index in [-0.39, 0.29) is 18.1 Å². The standard InChI is InChI=1S/C11H16N2O4S/c1-17-5-3-2-4-9(14)12-6-10-13-8(7-18-10)11(15)16/h7H,2-6H2,1H3,(H,12,14)(H,15,16). The molecule has 0 spiro atoms. The molecule has 1 aromatic heterocycles. The highest BCUT2D eigenvalue weighted by Gasteiger charge is 2.09. The van der Waals surface area contributed by atoms with Crippen molar-refractivity contribution in [1.29, 1.82) is 0 Å². The maximum atomic E-state index is 11.4. The second kappa shape index (κ2) is 7.78. The van der Waals surface area contributed by atoms with Crippen molar-refractivity contribution in [3.8, 4) is 0 Å². The molecule has 0 aliphatic rings. The highest BCUT2D eigenvalue weighted by molar-refractivity contribution is 7.09. The Morgan fingerprint density at radius 1 is 1.50 bits per heavy atom. The Labute approximate surface area is 109 Å². The summed E-state index contributed by atoms with van der Waals surface area (Å²) in [6.45, 7) is 0.933. The van der Waals surface area contributed by atoms with Gasteiger partial charge in [0.25, 0.3) is 0 Å². The summed E-state index contributed by atoms with van der Waals surface area (Å²) >= 11 is 1.23. The predicted molar refractivity (Wildman–Crippen MR) is 66.6 cm³/mol. The van der Waals surface area contributed by atoms with Gasteiger partial charge in [0.15, 0.2) is 5.69 Å². The number of amides is 1. The van der Waals surface area contributed by atoms with E-state index in [0.717, 1.165) is 12.8 Å². The summed E-state index contributed by atoms with van der Waals surface area (Å²) in [6, 6.07) is 0. The summed E-state index contributed by atoms with van der Waals surface area (Å²) < 4.78 is 4.88. The minimum absolute atomic E-state index is 0.0179. The lowest BCUT2D eigenvalue weighted by atomic mass is 10.2. The van der Waals surface area contributed by atoms with Crippen LogP contribution in [0, 0.1) is 0 Å². The second-order valence-corrected chi connectivity index (χ2v) is 4.60. The number of ether oxygens (including phenoxy) is 1. The third-order valence-electron chi connectivity index (χ3n) is 2.21. The quantitative estimate of drug-likeness (QED) is 0.696. The number of hydrogen-bond acceptors (Lipinski definition) is 5. The third kappa shape index (κ3) is 5.24. The van der Waals surface area contributed by atoms with Gasteiger partial charge >= 0.3 is 5.97 Å². The number of rotatable bonds is 8. The first-order valence-electron chi connectivity index (χ1n) is 5.57. The van der Waals surface area contributed by atoms with Gasteiger partial charge in [0.05, 0.1) is 6.54 Å². The van der Waals surface area contributed by atoms with Crippen LogP contribution in [0.4, 0.5) is 0 Å². The van der Waals surface area contributed by atoms with Crippen LogP contribution in [0.3, 0.4) is 0 Å². The lowest BCUT2D eigenvalue weighted by molar-refractivity contribution is -0.121. The van der Waals surface area contributed by atoms with Gasteiger partial charge in [0.2, 0.25) is 5.91 Å². The van der Waals surface area contributed by atoms with Crippen LogP contribution in [0.1, 0.15) is 34.8 Å². The smallest absolute Gasteiger partial charge is 0.355 e. The molecule has 0 atom stereocenters. The van der Waals surface area contributed by atoms with Crippen LogP contribution in [0.15, 0.2) is 5.38 Å². The Kier molecular flexibility index (Phi) is 6.31. The molecule has 1 heterocycles. The number of nitrogens with one attached hydrogen (secondary N) is 1. The first kappa shape index (κ1) is 14.6. The number of methoxy groups -OCH3 is 1. The summed E-state index contributed by atoms with van der Waals surface area (Å²) in [5.74, 6) is -1.11. The molecule has 1 aromatic rings. The van der Waals surface area contributed by atoms with Gasteiger partial charge in [-0.05, 0) is 12.8 Å². The molecule has 1 rings (SSSR count). The summed E-state index contributed by atoms with van der Waals surface area (Å²) in [4.78, 5) is 25.9. The minimum Gasteiger partial charge on any atom is -0.476 e. The van der Waals surface area contributed by atoms with Crippen molar-refractivity contribution in [2.24, 2.45) is 0 Å². The van der Waals surface area contributed by atoms with Gasteiger partial charge < -0.3 is 15.2 Å². The minimum atomic E-state index is -1.05. The van der Waals surface area contributed by atoms with Gasteiger partial charge in [-0.15, -0.1) is 11.3 Å². The molecular weight excluding hydrogens is 256 g/mol. The fourth-order valence-corrected chi connectivity index (χ4v) is 1.99. The molecule has 18 heavy (non-hydrogen) atoms. The molecule has 2 N–H and O–H groups in total. The Hall–Kier alpha value is -1.47. The third-order valence-corrected chi connectivity index (χ3v) is 3.06. The highest BCUT2D eigenvalue weighted by atomic mass is 32.1. The van der Waals surface area contributed by atoms with Gasteiger partial charge in [0, 0.05) is 25.5 Å². The Bertz CT molecular complexity index is 406. The molecule has 7 heteroatoms. The van der Waals surface area contributed by atoms with E-state index in [2.05, 4.69) is 10.3 Å². The van der Waals surface area contributed by atoms with Crippen LogP contribution >= 0.6 is 11.3 Å². The van der Waals surface area contributed by atoms with E-state index < -0.39 is 5.97 Å². The van der Waals surface area contributed by atoms with Crippen LogP contribution < -0.4 is 5.32 Å². The molecule has 100 valence electrons. The zero-order valence-corrected chi connectivity index (χ0v) is 11.0. The van der Waals surface area contributed by atoms with E-state index in [1.807, 2.05) is 0 Å². The van der Waals surface area contributed by atoms with E-state index in [0.29, 0.717) is 18.0 Å². The maximum absolute atomic E-state index is 11.4. The van der Waals surface area contributed by atoms with E-state index >= 15 is 0 Å². The zero-order chi connectivity index (χ0) is 13.4. The molecular formula is C11H16N2O4S. The Morgan fingerprint density at radius 3 is 2.89 bits per heavy atom. The van der Waals surface area contributed by atoms with E-state index in [1.54, 1.807) is 7.11 Å². The van der Waals surface area contributed by atoms with Crippen LogP contribution in [0.25, 0.3) is 0 Å². The molecule has 0 saturated carbocycles. The van der Waals surface area contributed by atoms with Crippen molar-refractivity contribution >= 4 is 23.2 Å². The number of aromatic nitrogens is 1. The summed E-state index contributed by atoms with van der Waals surface area (Å²) in [5, 5.41) is 13.4. The maximum Gasteiger partial charge on any atom is 0.355 e. The van der Waals surface area contributed by atoms with Crippen molar-refractivity contribution in [3.05, 3.63) is 16.1 Å². The number of unbranched alkanes of at least 4 members (excludes halogenated alkanes) is 1. The highest BCUT2D eigenvalue weighted by Crippen LogP contribution is 2.09. The molecule has 0 saturated heterocycles. The zero-order valence-electron chi connectivity index (χ0n) is 10.1. The van der Waals surface area contributed by atoms with E-state index in [4.69, 9.17) is 9.84 Å². The Morgan fingerprint density at radius 2 is 2.28 bits per heavy atom. The number of nitrogens with zero attached hydrogens (tertiary/aromatic N) is 1. The molecule has 0 aromatic carbocycles. The average molecular weight is 272 g/mol. The van der Waals surface area contributed by atoms with Gasteiger partial charge in [-0.1, -0.05) is 0 Å². The van der Waals surface area contributed by atoms with Crippen molar-refractivity contribution < 1.29 is 19.4 Å². The van der Waals surface area contributed by atoms with Crippen molar-refractivity contribution in [3.63, 3.8) is 0 Å². The van der Waals surface area contributed by atoms with E-state index in [1.165, 1.54) is 16.7 Å². The van der Waals surface area contributed by atoms with Gasteiger partial charge in [-0.3, -0.25) is 4.79 Å². The normalized spacial score (nSPS) is 10.3. The van der Waals surface area contributed by atoms with Gasteiger partial charge in [-0.25, -0.2) is 9.78 Å². The van der Waals surface area contributed by atoms with Crippen molar-refractivity contribution in [2.75, 3.05) is 13.7 Å². The molecule has 0 aliphatic carbocycles. The number of carboxylic acids is 1. The fourth-order valence-electron chi connectivity index (χ4n) is 1.28. The fraction of sp³-hybridized carbons (Fsp3) is 0.545. The number of thiazole rings is 1. The molecule has 0 radical (unpaired) electrons. The first-order valence-corrected chi connectivity index (χ1v) is 6.44. The number of carbonyl (C=O) groups excluding carboxylic acids is 1. The molecule has 0 bridgehead atoms. The average Bonchev–Trinajstić information content (AvgIpc) is 2.81. The van der Waals surface area contributed by atoms with E-state index in [9.17, 15) is 9.59 Å². The van der Waals surface area contributed by atoms with Crippen LogP contribution in [0.2, 0.25) is 0 Å². The predicted octanol–water partition coefficient (Wildman–Crippen LogP) is 1.27. The topological polar surface area (TPSA) is 88.5 Å². The first-order chi connectivity index (χ1) is 8.63. The molecule has 1 amide bonds. The van der Waals surface area contributed by atoms with Crippen LogP contribution in [-0.2, 0) is 16.1 Å². The Balaban J connectivity index is 2.23. The molecule has 6 nitrogen and oxygen atoms in total. The number of carbonyl (C=O) groups is 2. The summed E-state index contributed by atoms with van der Waals surface area (Å²) in [7, 11) is 1.63. The second-order valence-electron chi connectivity index (χ2n) is 3.66. The molecule has 0 aliphatic heterocycles. The van der Waals surface area contributed by atoms with Gasteiger partial charge in [-0.2, -0.15) is 0 Å². The van der Waals surface area contributed by atoms with Gasteiger partial charge in [0.1, 0.15) is 5.01 Å². The van der Waals surface area contributed by atoms with Crippen LogP contribution in [-0.4, -0.2) is 35.7 Å². The molecule has 0 unspecified atom stereocenters. The van der Waals surface area contributed by atoms with Crippen LogP contribution in [0.5, 0.6) is 0 Å². The summed E-state index contributed by atoms with van der Waals surface area (Å²) in [6.07, 6.45) is 2.07. The summed E-state index contributed by atoms with van der Waals surface area (Å²) in [5.41, 5.74) is 0.0179. The lowest BCUT2D eigenvalue weighted by Crippen LogP contribution is -2.22. The largest absolute Gasteiger partial charge is 0.476 e. The number of carboxylic acid groups (broad SMARTS) is 1.